The molecule has 2 nitrogen and oxygen atoms in total. The van der Waals surface area contributed by atoms with Crippen LogP contribution in [-0.2, 0) is 16.0 Å². The Morgan fingerprint density at radius 2 is 1.73 bits per heavy atom. The summed E-state index contributed by atoms with van der Waals surface area (Å²) in [5, 5.41) is 0. The Morgan fingerprint density at radius 1 is 1.05 bits per heavy atom. The van der Waals surface area contributed by atoms with Gasteiger partial charge in [-0.2, -0.15) is 0 Å². The van der Waals surface area contributed by atoms with Crippen LogP contribution in [-0.4, -0.2) is 12.1 Å². The minimum Gasteiger partial charge on any atom is -0.463 e. The van der Waals surface area contributed by atoms with Gasteiger partial charge in [0, 0.05) is 0 Å². The van der Waals surface area contributed by atoms with E-state index in [2.05, 4.69) is 42.5 Å². The van der Waals surface area contributed by atoms with Crippen molar-refractivity contribution in [2.45, 2.75) is 32.8 Å². The molecular weight excluding hydrogens is 272 g/mol. The van der Waals surface area contributed by atoms with Gasteiger partial charge in [0.05, 0.1) is 12.5 Å². The number of hydrogen-bond acceptors (Lipinski definition) is 2. The molecule has 2 aromatic carbocycles. The van der Waals surface area contributed by atoms with Crippen molar-refractivity contribution in [1.82, 2.24) is 0 Å². The van der Waals surface area contributed by atoms with Crippen LogP contribution in [0.3, 0.4) is 0 Å². The maximum Gasteiger partial charge on any atom is 0.310 e. The first-order valence-corrected chi connectivity index (χ1v) is 7.69. The van der Waals surface area contributed by atoms with Crippen molar-refractivity contribution in [3.8, 4) is 0 Å². The number of carbonyl (C=O) groups is 1. The minimum absolute atomic E-state index is 0.0820. The van der Waals surface area contributed by atoms with Gasteiger partial charge in [-0.15, -0.1) is 0 Å². The highest BCUT2D eigenvalue weighted by Gasteiger charge is 2.17. The fourth-order valence-electron chi connectivity index (χ4n) is 2.90. The molecule has 0 saturated heterocycles. The van der Waals surface area contributed by atoms with Gasteiger partial charge in [0.2, 0.25) is 0 Å². The number of benzene rings is 2. The molecular formula is C20H20O2. The number of esters is 1. The molecule has 0 aromatic heterocycles. The number of hydrogen-bond donors (Lipinski definition) is 0. The summed E-state index contributed by atoms with van der Waals surface area (Å²) in [4.78, 5) is 12.1. The summed E-state index contributed by atoms with van der Waals surface area (Å²) in [7, 11) is 0. The third kappa shape index (κ3) is 3.11. The van der Waals surface area contributed by atoms with Crippen molar-refractivity contribution in [3.63, 3.8) is 0 Å². The molecule has 0 amide bonds. The van der Waals surface area contributed by atoms with Crippen molar-refractivity contribution < 1.29 is 9.53 Å². The highest BCUT2D eigenvalue weighted by molar-refractivity contribution is 5.94. The molecule has 1 aliphatic carbocycles. The Balaban J connectivity index is 2.02. The molecule has 2 aromatic rings. The zero-order chi connectivity index (χ0) is 15.5. The second-order valence-corrected chi connectivity index (χ2v) is 5.92. The van der Waals surface area contributed by atoms with Crippen LogP contribution in [0, 0.1) is 0 Å². The van der Waals surface area contributed by atoms with Crippen LogP contribution in [0.2, 0.25) is 0 Å². The first kappa shape index (κ1) is 14.6. The molecule has 0 fully saturated rings. The summed E-state index contributed by atoms with van der Waals surface area (Å²) in [6.07, 6.45) is 3.25. The predicted molar refractivity (Wildman–Crippen MR) is 89.4 cm³/mol. The molecule has 3 rings (SSSR count). The molecule has 0 heterocycles. The average molecular weight is 292 g/mol. The number of fused-ring (bicyclic) bond motifs is 2. The van der Waals surface area contributed by atoms with Crippen molar-refractivity contribution in [2.75, 3.05) is 0 Å². The van der Waals surface area contributed by atoms with E-state index in [1.807, 2.05) is 26.0 Å². The number of ether oxygens (including phenoxy) is 1. The van der Waals surface area contributed by atoms with E-state index >= 15 is 0 Å². The van der Waals surface area contributed by atoms with Crippen LogP contribution >= 0.6 is 0 Å². The van der Waals surface area contributed by atoms with E-state index in [1.54, 1.807) is 0 Å². The Morgan fingerprint density at radius 3 is 2.50 bits per heavy atom. The SMILES string of the molecule is CC(C)OC(=O)CC1=Cc2ccccc2Cc2ccccc21. The van der Waals surface area contributed by atoms with Crippen LogP contribution in [0.1, 0.15) is 42.5 Å². The molecule has 22 heavy (non-hydrogen) atoms. The molecule has 0 saturated carbocycles. The largest absolute Gasteiger partial charge is 0.463 e. The molecule has 0 unspecified atom stereocenters. The third-order valence-electron chi connectivity index (χ3n) is 3.83. The van der Waals surface area contributed by atoms with E-state index in [9.17, 15) is 4.79 Å². The normalized spacial score (nSPS) is 13.0. The van der Waals surface area contributed by atoms with Gasteiger partial charge in [0.15, 0.2) is 0 Å². The van der Waals surface area contributed by atoms with Gasteiger partial charge in [-0.3, -0.25) is 4.79 Å². The van der Waals surface area contributed by atoms with Crippen LogP contribution in [0.25, 0.3) is 11.6 Å². The van der Waals surface area contributed by atoms with Gasteiger partial charge in [-0.1, -0.05) is 54.6 Å². The number of rotatable bonds is 3. The third-order valence-corrected chi connectivity index (χ3v) is 3.83. The second-order valence-electron chi connectivity index (χ2n) is 5.92. The fraction of sp³-hybridized carbons (Fsp3) is 0.250. The summed E-state index contributed by atoms with van der Waals surface area (Å²) in [6.45, 7) is 3.76. The Hall–Kier alpha value is -2.35. The summed E-state index contributed by atoms with van der Waals surface area (Å²) in [6, 6.07) is 16.7. The summed E-state index contributed by atoms with van der Waals surface area (Å²) >= 11 is 0. The second kappa shape index (κ2) is 6.18. The fourth-order valence-corrected chi connectivity index (χ4v) is 2.90. The van der Waals surface area contributed by atoms with Gasteiger partial charge in [-0.05, 0) is 48.1 Å². The summed E-state index contributed by atoms with van der Waals surface area (Å²) in [5.41, 5.74) is 5.93. The lowest BCUT2D eigenvalue weighted by atomic mass is 9.96. The summed E-state index contributed by atoms with van der Waals surface area (Å²) in [5.74, 6) is -0.171. The quantitative estimate of drug-likeness (QED) is 0.780. The zero-order valence-electron chi connectivity index (χ0n) is 13.0. The molecule has 0 aliphatic heterocycles. The molecule has 0 atom stereocenters. The predicted octanol–water partition coefficient (Wildman–Crippen LogP) is 4.47. The van der Waals surface area contributed by atoms with E-state index in [0.29, 0.717) is 6.42 Å². The first-order chi connectivity index (χ1) is 10.6. The van der Waals surface area contributed by atoms with E-state index < -0.39 is 0 Å². The maximum absolute atomic E-state index is 12.1. The lowest BCUT2D eigenvalue weighted by Gasteiger charge is -2.12. The molecule has 112 valence electrons. The monoisotopic (exact) mass is 292 g/mol. The lowest BCUT2D eigenvalue weighted by Crippen LogP contribution is -2.11. The Kier molecular flexibility index (Phi) is 4.10. The van der Waals surface area contributed by atoms with Gasteiger partial charge in [0.25, 0.3) is 0 Å². The van der Waals surface area contributed by atoms with Crippen LogP contribution in [0.4, 0.5) is 0 Å². The average Bonchev–Trinajstić information content (AvgIpc) is 2.63. The Bertz CT molecular complexity index is 726. The van der Waals surface area contributed by atoms with E-state index in [1.165, 1.54) is 16.7 Å². The van der Waals surface area contributed by atoms with Gasteiger partial charge in [0.1, 0.15) is 0 Å². The lowest BCUT2D eigenvalue weighted by molar-refractivity contribution is -0.146. The molecule has 0 radical (unpaired) electrons. The van der Waals surface area contributed by atoms with Crippen molar-refractivity contribution >= 4 is 17.6 Å². The Labute approximate surface area is 131 Å². The van der Waals surface area contributed by atoms with Gasteiger partial charge >= 0.3 is 5.97 Å². The van der Waals surface area contributed by atoms with E-state index in [0.717, 1.165) is 17.6 Å². The molecule has 0 spiro atoms. The van der Waals surface area contributed by atoms with Crippen molar-refractivity contribution in [1.29, 1.82) is 0 Å². The molecule has 0 bridgehead atoms. The minimum atomic E-state index is -0.171. The van der Waals surface area contributed by atoms with Crippen LogP contribution in [0.5, 0.6) is 0 Å². The maximum atomic E-state index is 12.1. The van der Waals surface area contributed by atoms with E-state index in [-0.39, 0.29) is 12.1 Å². The highest BCUT2D eigenvalue weighted by atomic mass is 16.5. The smallest absolute Gasteiger partial charge is 0.310 e. The van der Waals surface area contributed by atoms with Crippen LogP contribution < -0.4 is 0 Å². The van der Waals surface area contributed by atoms with Crippen LogP contribution in [0.15, 0.2) is 48.5 Å². The zero-order valence-corrected chi connectivity index (χ0v) is 13.0. The van der Waals surface area contributed by atoms with Gasteiger partial charge < -0.3 is 4.74 Å². The van der Waals surface area contributed by atoms with Crippen molar-refractivity contribution in [2.24, 2.45) is 0 Å². The topological polar surface area (TPSA) is 26.3 Å². The number of carbonyl (C=O) groups excluding carboxylic acids is 1. The molecule has 1 aliphatic rings. The first-order valence-electron chi connectivity index (χ1n) is 7.69. The standard InChI is InChI=1S/C20H20O2/c1-14(2)22-20(21)13-18-12-16-8-4-3-7-15(16)11-17-9-5-6-10-19(17)18/h3-10,12,14H,11,13H2,1-2H3. The van der Waals surface area contributed by atoms with Gasteiger partial charge in [-0.25, -0.2) is 0 Å². The summed E-state index contributed by atoms with van der Waals surface area (Å²) < 4.78 is 5.32. The highest BCUT2D eigenvalue weighted by Crippen LogP contribution is 2.32. The molecule has 0 N–H and O–H groups in total. The van der Waals surface area contributed by atoms with Crippen molar-refractivity contribution in [3.05, 3.63) is 70.8 Å². The van der Waals surface area contributed by atoms with E-state index in [4.69, 9.17) is 4.74 Å². The molecule has 2 heteroatoms.